The third-order valence-electron chi connectivity index (χ3n) is 0.805. The van der Waals surface area contributed by atoms with Gasteiger partial charge < -0.3 is 14.4 Å². The van der Waals surface area contributed by atoms with Gasteiger partial charge in [-0.25, -0.2) is 4.79 Å². The maximum atomic E-state index is 10.4. The molecule has 0 rings (SSSR count). The van der Waals surface area contributed by atoms with Crippen LogP contribution in [0.5, 0.6) is 0 Å². The summed E-state index contributed by atoms with van der Waals surface area (Å²) in [5.74, 6) is -0.574. The first-order chi connectivity index (χ1) is 5.20. The molecule has 0 fully saturated rings. The zero-order valence-electron chi connectivity index (χ0n) is 5.82. The molecule has 0 bridgehead atoms. The Morgan fingerprint density at radius 1 is 1.73 bits per heavy atom. The number of hydrogen-bond donors (Lipinski definition) is 1. The summed E-state index contributed by atoms with van der Waals surface area (Å²) in [6.45, 7) is 3.09. The summed E-state index contributed by atoms with van der Waals surface area (Å²) in [6, 6.07) is 0. The number of aliphatic hydroxyl groups is 1. The lowest BCUT2D eigenvalue weighted by molar-refractivity contribution is -0.136. The average molecular weight is 176 g/mol. The van der Waals surface area contributed by atoms with E-state index >= 15 is 0 Å². The third kappa shape index (κ3) is 5.43. The van der Waals surface area contributed by atoms with Crippen LogP contribution in [0, 0.1) is 0 Å². The van der Waals surface area contributed by atoms with Crippen LogP contribution in [-0.4, -0.2) is 17.7 Å². The Morgan fingerprint density at radius 2 is 2.36 bits per heavy atom. The summed E-state index contributed by atoms with van der Waals surface area (Å²) in [5, 5.41) is 8.61. The topological polar surface area (TPSA) is 63.6 Å². The molecule has 0 aliphatic carbocycles. The third-order valence-corrected chi connectivity index (χ3v) is 1.28. The van der Waals surface area contributed by atoms with Gasteiger partial charge in [-0.3, -0.25) is 0 Å². The average Bonchev–Trinajstić information content (AvgIpc) is 2.04. The van der Waals surface area contributed by atoms with Crippen molar-refractivity contribution >= 4 is 14.4 Å². The van der Waals surface area contributed by atoms with Crippen LogP contribution < -0.4 is 0 Å². The first kappa shape index (κ1) is 9.98. The molecule has 0 saturated heterocycles. The van der Waals surface area contributed by atoms with E-state index in [4.69, 9.17) is 5.11 Å². The summed E-state index contributed by atoms with van der Waals surface area (Å²) in [7, 11) is -1.34. The molecule has 1 N–H and O–H groups in total. The fourth-order valence-corrected chi connectivity index (χ4v) is 0.509. The Bertz CT molecular complexity index is 197. The van der Waals surface area contributed by atoms with Crippen molar-refractivity contribution < 1.29 is 19.2 Å². The van der Waals surface area contributed by atoms with Crippen molar-refractivity contribution in [3.63, 3.8) is 0 Å². The number of carbonyl (C=O) groups excluding carboxylic acids is 1. The highest BCUT2D eigenvalue weighted by Gasteiger charge is 1.92. The Balaban J connectivity index is 3.64. The van der Waals surface area contributed by atoms with Crippen LogP contribution in [0.1, 0.15) is 0 Å². The summed E-state index contributed by atoms with van der Waals surface area (Å²) in [4.78, 5) is 10.4. The normalized spacial score (nSPS) is 11.8. The number of carbonyl (C=O) groups is 1. The molecule has 0 aliphatic heterocycles. The molecule has 0 radical (unpaired) electrons. The lowest BCUT2D eigenvalue weighted by atomic mass is 10.6. The van der Waals surface area contributed by atoms with E-state index in [2.05, 4.69) is 11.3 Å². The fraction of sp³-hybridized carbons (Fsp3) is 0.167. The maximum absolute atomic E-state index is 10.4. The van der Waals surface area contributed by atoms with E-state index in [-0.39, 0.29) is 12.1 Å². The molecule has 0 aromatic rings. The lowest BCUT2D eigenvalue weighted by Gasteiger charge is -1.94. The van der Waals surface area contributed by atoms with E-state index in [0.717, 1.165) is 6.08 Å². The lowest BCUT2D eigenvalue weighted by Crippen LogP contribution is -1.99. The van der Waals surface area contributed by atoms with Gasteiger partial charge >= 0.3 is 5.97 Å². The Morgan fingerprint density at radius 3 is 2.82 bits per heavy atom. The first-order valence-corrected chi connectivity index (χ1v) is 3.89. The fourth-order valence-electron chi connectivity index (χ4n) is 0.316. The molecular weight excluding hydrogens is 167 g/mol. The summed E-state index contributed by atoms with van der Waals surface area (Å²) < 4.78 is 14.4. The minimum Gasteiger partial charge on any atom is -0.505 e. The largest absolute Gasteiger partial charge is 0.505 e. The van der Waals surface area contributed by atoms with Crippen LogP contribution >= 0.6 is 8.46 Å². The second kappa shape index (κ2) is 5.74. The highest BCUT2D eigenvalue weighted by Crippen LogP contribution is 2.05. The smallest absolute Gasteiger partial charge is 0.330 e. The van der Waals surface area contributed by atoms with Gasteiger partial charge in [-0.2, -0.15) is 0 Å². The Labute approximate surface area is 65.4 Å². The van der Waals surface area contributed by atoms with E-state index < -0.39 is 14.4 Å². The molecule has 1 unspecified atom stereocenters. The van der Waals surface area contributed by atoms with E-state index in [0.29, 0.717) is 0 Å². The number of aliphatic hydroxyl groups excluding tert-OH is 1. The molecule has 0 aliphatic rings. The number of esters is 1. The van der Waals surface area contributed by atoms with E-state index in [1.165, 1.54) is 6.08 Å². The summed E-state index contributed by atoms with van der Waals surface area (Å²) in [5.41, 5.74) is -0.248. The number of ether oxygens (including phenoxy) is 1. The van der Waals surface area contributed by atoms with E-state index in [9.17, 15) is 9.36 Å². The molecule has 1 atom stereocenters. The second-order valence-electron chi connectivity index (χ2n) is 1.58. The monoisotopic (exact) mass is 176 g/mol. The molecular formula is C6H9O4P. The maximum Gasteiger partial charge on any atom is 0.330 e. The summed E-state index contributed by atoms with van der Waals surface area (Å²) in [6.07, 6.45) is 2.18. The van der Waals surface area contributed by atoms with Gasteiger partial charge in [-0.1, -0.05) is 6.58 Å². The van der Waals surface area contributed by atoms with Crippen molar-refractivity contribution in [1.29, 1.82) is 0 Å². The van der Waals surface area contributed by atoms with Crippen molar-refractivity contribution in [2.24, 2.45) is 0 Å². The SMILES string of the molecule is C=CC(=O)OCC=C(O)[PH2]=O. The van der Waals surface area contributed by atoms with Crippen LogP contribution in [0.4, 0.5) is 0 Å². The molecule has 0 heterocycles. The molecule has 0 saturated carbocycles. The minimum atomic E-state index is -1.34. The first-order valence-electron chi connectivity index (χ1n) is 2.84. The van der Waals surface area contributed by atoms with Crippen LogP contribution in [-0.2, 0) is 14.1 Å². The second-order valence-corrected chi connectivity index (χ2v) is 2.41. The van der Waals surface area contributed by atoms with Crippen molar-refractivity contribution in [2.45, 2.75) is 0 Å². The van der Waals surface area contributed by atoms with Crippen LogP contribution in [0.3, 0.4) is 0 Å². The van der Waals surface area contributed by atoms with Crippen LogP contribution in [0.2, 0.25) is 0 Å². The van der Waals surface area contributed by atoms with Gasteiger partial charge in [0.25, 0.3) is 0 Å². The molecule has 0 aromatic heterocycles. The minimum absolute atomic E-state index is 0.0775. The van der Waals surface area contributed by atoms with Crippen LogP contribution in [0.15, 0.2) is 24.2 Å². The van der Waals surface area contributed by atoms with Gasteiger partial charge in [-0.15, -0.1) is 0 Å². The summed E-state index contributed by atoms with van der Waals surface area (Å²) >= 11 is 0. The van der Waals surface area contributed by atoms with Gasteiger partial charge in [0.05, 0.1) is 0 Å². The van der Waals surface area contributed by atoms with Gasteiger partial charge in [-0.05, 0) is 6.08 Å². The molecule has 11 heavy (non-hydrogen) atoms. The highest BCUT2D eigenvalue weighted by atomic mass is 31.1. The van der Waals surface area contributed by atoms with Crippen LogP contribution in [0.25, 0.3) is 0 Å². The van der Waals surface area contributed by atoms with Crippen molar-refractivity contribution in [3.8, 4) is 0 Å². The number of rotatable bonds is 4. The predicted molar refractivity (Wildman–Crippen MR) is 42.3 cm³/mol. The van der Waals surface area contributed by atoms with Crippen molar-refractivity contribution in [1.82, 2.24) is 0 Å². The van der Waals surface area contributed by atoms with E-state index in [1.54, 1.807) is 0 Å². The molecule has 0 aromatic carbocycles. The predicted octanol–water partition coefficient (Wildman–Crippen LogP) is 0.871. The van der Waals surface area contributed by atoms with Gasteiger partial charge in [0, 0.05) is 6.08 Å². The van der Waals surface area contributed by atoms with Gasteiger partial charge in [0.2, 0.25) is 0 Å². The molecule has 4 nitrogen and oxygen atoms in total. The molecule has 0 amide bonds. The Hall–Kier alpha value is -1.02. The van der Waals surface area contributed by atoms with Crippen molar-refractivity contribution in [2.75, 3.05) is 6.61 Å². The van der Waals surface area contributed by atoms with Gasteiger partial charge in [0.15, 0.2) is 0 Å². The number of hydrogen-bond acceptors (Lipinski definition) is 4. The van der Waals surface area contributed by atoms with Crippen molar-refractivity contribution in [3.05, 3.63) is 24.2 Å². The molecule has 5 heteroatoms. The zero-order valence-corrected chi connectivity index (χ0v) is 6.97. The Kier molecular flexibility index (Phi) is 5.21. The van der Waals surface area contributed by atoms with E-state index in [1.807, 2.05) is 0 Å². The standard InChI is InChI=1S/C6H9O4P/c1-2-5(7)10-4-3-6(8)11-9/h2-3,8H,1,4,11H2. The zero-order chi connectivity index (χ0) is 8.69. The quantitative estimate of drug-likeness (QED) is 0.299. The highest BCUT2D eigenvalue weighted by molar-refractivity contribution is 7.28. The van der Waals surface area contributed by atoms with Gasteiger partial charge in [0.1, 0.15) is 20.6 Å². The molecule has 62 valence electrons. The molecule has 0 spiro atoms.